The molecule has 6 heteroatoms. The quantitative estimate of drug-likeness (QED) is 0.824. The smallest absolute Gasteiger partial charge is 0.224 e. The number of nitrogens with zero attached hydrogens (tertiary/aromatic N) is 2. The van der Waals surface area contributed by atoms with E-state index < -0.39 is 0 Å². The predicted octanol–water partition coefficient (Wildman–Crippen LogP) is 0.508. The van der Waals surface area contributed by atoms with Crippen molar-refractivity contribution in [3.8, 4) is 0 Å². The summed E-state index contributed by atoms with van der Waals surface area (Å²) < 4.78 is 13.1. The lowest BCUT2D eigenvalue weighted by Gasteiger charge is -2.31. The Morgan fingerprint density at radius 2 is 2.40 bits per heavy atom. The number of amides is 1. The van der Waals surface area contributed by atoms with Gasteiger partial charge in [0.15, 0.2) is 0 Å². The van der Waals surface area contributed by atoms with Gasteiger partial charge in [-0.15, -0.1) is 0 Å². The fourth-order valence-corrected chi connectivity index (χ4v) is 2.55. The van der Waals surface area contributed by atoms with Crippen LogP contribution in [0.5, 0.6) is 0 Å². The fourth-order valence-electron chi connectivity index (χ4n) is 2.55. The zero-order valence-electron chi connectivity index (χ0n) is 11.5. The number of nitrogens with two attached hydrogens (primary N) is 1. The van der Waals surface area contributed by atoms with Gasteiger partial charge in [-0.2, -0.15) is 0 Å². The van der Waals surface area contributed by atoms with Crippen LogP contribution in [-0.2, 0) is 11.3 Å². The van der Waals surface area contributed by atoms with Crippen LogP contribution in [0.1, 0.15) is 18.4 Å². The minimum absolute atomic E-state index is 0.00295. The number of nitrogens with one attached hydrogen (secondary N) is 1. The van der Waals surface area contributed by atoms with E-state index in [0.717, 1.165) is 24.9 Å². The van der Waals surface area contributed by atoms with E-state index in [2.05, 4.69) is 15.2 Å². The maximum Gasteiger partial charge on any atom is 0.224 e. The summed E-state index contributed by atoms with van der Waals surface area (Å²) in [6, 6.07) is 1.49. The average Bonchev–Trinajstić information content (AvgIpc) is 2.45. The molecule has 1 aromatic heterocycles. The van der Waals surface area contributed by atoms with Crippen LogP contribution in [0.15, 0.2) is 18.5 Å². The van der Waals surface area contributed by atoms with Crippen molar-refractivity contribution >= 4 is 5.91 Å². The standard InChI is InChI=1S/C14H21FN4O/c15-13-6-11(7-17-8-13)9-19-5-1-2-12(10-19)14(20)18-4-3-16/h6-8,12H,1-5,9-10,16H2,(H,18,20). The number of likely N-dealkylation sites (tertiary alicyclic amines) is 1. The fraction of sp³-hybridized carbons (Fsp3) is 0.571. The SMILES string of the molecule is NCCNC(=O)C1CCCN(Cc2cncc(F)c2)C1. The van der Waals surface area contributed by atoms with Crippen LogP contribution in [0.2, 0.25) is 0 Å². The summed E-state index contributed by atoms with van der Waals surface area (Å²) in [5.41, 5.74) is 6.22. The van der Waals surface area contributed by atoms with E-state index in [4.69, 9.17) is 5.73 Å². The van der Waals surface area contributed by atoms with Gasteiger partial charge < -0.3 is 11.1 Å². The molecule has 3 N–H and O–H groups in total. The van der Waals surface area contributed by atoms with Gasteiger partial charge in [-0.25, -0.2) is 4.39 Å². The predicted molar refractivity (Wildman–Crippen MR) is 74.3 cm³/mol. The number of rotatable bonds is 5. The first-order valence-electron chi connectivity index (χ1n) is 6.98. The Kier molecular flexibility index (Phi) is 5.43. The van der Waals surface area contributed by atoms with Crippen LogP contribution in [-0.4, -0.2) is 42.0 Å². The zero-order chi connectivity index (χ0) is 14.4. The third-order valence-electron chi connectivity index (χ3n) is 3.49. The van der Waals surface area contributed by atoms with Gasteiger partial charge in [0.1, 0.15) is 5.82 Å². The van der Waals surface area contributed by atoms with E-state index in [-0.39, 0.29) is 17.6 Å². The molecule has 0 saturated carbocycles. The molecule has 0 bridgehead atoms. The summed E-state index contributed by atoms with van der Waals surface area (Å²) >= 11 is 0. The van der Waals surface area contributed by atoms with Gasteiger partial charge in [-0.3, -0.25) is 14.7 Å². The lowest BCUT2D eigenvalue weighted by Crippen LogP contribution is -2.43. The normalized spacial score (nSPS) is 19.8. The van der Waals surface area contributed by atoms with Crippen molar-refractivity contribution < 1.29 is 9.18 Å². The molecule has 0 radical (unpaired) electrons. The van der Waals surface area contributed by atoms with Gasteiger partial charge in [0.05, 0.1) is 12.1 Å². The molecule has 1 saturated heterocycles. The van der Waals surface area contributed by atoms with Crippen LogP contribution < -0.4 is 11.1 Å². The van der Waals surface area contributed by atoms with Crippen molar-refractivity contribution in [2.45, 2.75) is 19.4 Å². The molecular weight excluding hydrogens is 259 g/mol. The van der Waals surface area contributed by atoms with Gasteiger partial charge in [0, 0.05) is 32.4 Å². The van der Waals surface area contributed by atoms with Crippen molar-refractivity contribution in [3.05, 3.63) is 29.8 Å². The maximum absolute atomic E-state index is 13.1. The second kappa shape index (κ2) is 7.31. The van der Waals surface area contributed by atoms with Crippen molar-refractivity contribution in [2.75, 3.05) is 26.2 Å². The number of pyridine rings is 1. The van der Waals surface area contributed by atoms with E-state index in [1.54, 1.807) is 6.20 Å². The Balaban J connectivity index is 1.88. The summed E-state index contributed by atoms with van der Waals surface area (Å²) in [6.45, 7) is 3.23. The number of piperidine rings is 1. The number of aromatic nitrogens is 1. The number of carbonyl (C=O) groups excluding carboxylic acids is 1. The molecule has 5 nitrogen and oxygen atoms in total. The number of halogens is 1. The van der Waals surface area contributed by atoms with Gasteiger partial charge in [0.2, 0.25) is 5.91 Å². The largest absolute Gasteiger partial charge is 0.355 e. The minimum atomic E-state index is -0.322. The molecule has 1 aromatic rings. The molecule has 0 aromatic carbocycles. The summed E-state index contributed by atoms with van der Waals surface area (Å²) in [5, 5.41) is 2.83. The highest BCUT2D eigenvalue weighted by Crippen LogP contribution is 2.18. The lowest BCUT2D eigenvalue weighted by molar-refractivity contribution is -0.126. The van der Waals surface area contributed by atoms with Crippen molar-refractivity contribution in [1.82, 2.24) is 15.2 Å². The van der Waals surface area contributed by atoms with Crippen molar-refractivity contribution in [3.63, 3.8) is 0 Å². The van der Waals surface area contributed by atoms with Gasteiger partial charge in [0.25, 0.3) is 0 Å². The molecule has 1 amide bonds. The Labute approximate surface area is 118 Å². The van der Waals surface area contributed by atoms with Gasteiger partial charge >= 0.3 is 0 Å². The number of hydrogen-bond acceptors (Lipinski definition) is 4. The first kappa shape index (κ1) is 14.9. The van der Waals surface area contributed by atoms with Gasteiger partial charge in [-0.05, 0) is 31.0 Å². The molecule has 1 fully saturated rings. The van der Waals surface area contributed by atoms with Crippen molar-refractivity contribution in [1.29, 1.82) is 0 Å². The van der Waals surface area contributed by atoms with E-state index >= 15 is 0 Å². The van der Waals surface area contributed by atoms with E-state index in [1.807, 2.05) is 0 Å². The molecule has 1 unspecified atom stereocenters. The highest BCUT2D eigenvalue weighted by atomic mass is 19.1. The Hall–Kier alpha value is -1.53. The summed E-state index contributed by atoms with van der Waals surface area (Å²) in [7, 11) is 0. The molecule has 2 rings (SSSR count). The Morgan fingerprint density at radius 3 is 3.15 bits per heavy atom. The van der Waals surface area contributed by atoms with E-state index in [9.17, 15) is 9.18 Å². The first-order chi connectivity index (χ1) is 9.69. The Bertz CT molecular complexity index is 455. The summed E-state index contributed by atoms with van der Waals surface area (Å²) in [4.78, 5) is 18.0. The third kappa shape index (κ3) is 4.25. The van der Waals surface area contributed by atoms with E-state index in [0.29, 0.717) is 26.2 Å². The second-order valence-corrected chi connectivity index (χ2v) is 5.17. The molecule has 1 aliphatic rings. The first-order valence-corrected chi connectivity index (χ1v) is 6.98. The minimum Gasteiger partial charge on any atom is -0.355 e. The van der Waals surface area contributed by atoms with E-state index in [1.165, 1.54) is 12.3 Å². The van der Waals surface area contributed by atoms with Crippen LogP contribution in [0, 0.1) is 11.7 Å². The third-order valence-corrected chi connectivity index (χ3v) is 3.49. The molecule has 0 spiro atoms. The highest BCUT2D eigenvalue weighted by Gasteiger charge is 2.25. The maximum atomic E-state index is 13.1. The topological polar surface area (TPSA) is 71.2 Å². The van der Waals surface area contributed by atoms with Crippen LogP contribution in [0.3, 0.4) is 0 Å². The van der Waals surface area contributed by atoms with Crippen LogP contribution >= 0.6 is 0 Å². The highest BCUT2D eigenvalue weighted by molar-refractivity contribution is 5.78. The second-order valence-electron chi connectivity index (χ2n) is 5.17. The molecule has 2 heterocycles. The molecule has 110 valence electrons. The average molecular weight is 280 g/mol. The van der Waals surface area contributed by atoms with Crippen LogP contribution in [0.25, 0.3) is 0 Å². The monoisotopic (exact) mass is 280 g/mol. The molecule has 1 aliphatic heterocycles. The van der Waals surface area contributed by atoms with Gasteiger partial charge in [-0.1, -0.05) is 0 Å². The number of carbonyl (C=O) groups is 1. The zero-order valence-corrected chi connectivity index (χ0v) is 11.5. The Morgan fingerprint density at radius 1 is 1.55 bits per heavy atom. The molecule has 0 aliphatic carbocycles. The van der Waals surface area contributed by atoms with Crippen LogP contribution in [0.4, 0.5) is 4.39 Å². The summed E-state index contributed by atoms with van der Waals surface area (Å²) in [5.74, 6) is -0.258. The molecule has 20 heavy (non-hydrogen) atoms. The number of hydrogen-bond donors (Lipinski definition) is 2. The van der Waals surface area contributed by atoms with Crippen molar-refractivity contribution in [2.24, 2.45) is 11.7 Å². The molecule has 1 atom stereocenters. The molecular formula is C14H21FN4O. The lowest BCUT2D eigenvalue weighted by atomic mass is 9.97. The summed E-state index contributed by atoms with van der Waals surface area (Å²) in [6.07, 6.45) is 4.74.